The minimum absolute atomic E-state index is 0.0674. The third kappa shape index (κ3) is 5.38. The summed E-state index contributed by atoms with van der Waals surface area (Å²) in [5, 5.41) is 3.27. The molecular weight excluding hydrogens is 340 g/mol. The molecule has 1 aliphatic heterocycles. The van der Waals surface area contributed by atoms with Gasteiger partial charge in [0.15, 0.2) is 11.5 Å². The summed E-state index contributed by atoms with van der Waals surface area (Å²) >= 11 is 0. The van der Waals surface area contributed by atoms with E-state index in [1.165, 1.54) is 4.90 Å². The molecule has 0 bridgehead atoms. The zero-order valence-electron chi connectivity index (χ0n) is 18.1. The van der Waals surface area contributed by atoms with Crippen LogP contribution in [0.1, 0.15) is 59.9 Å². The largest absolute Gasteiger partial charge is 0.490 e. The highest BCUT2D eigenvalue weighted by Gasteiger charge is 2.47. The second-order valence-corrected chi connectivity index (χ2v) is 8.89. The van der Waals surface area contributed by atoms with Crippen molar-refractivity contribution >= 4 is 5.91 Å². The van der Waals surface area contributed by atoms with Crippen LogP contribution in [-0.2, 0) is 11.2 Å². The first kappa shape index (κ1) is 21.5. The average molecular weight is 378 g/mol. The summed E-state index contributed by atoms with van der Waals surface area (Å²) in [5.41, 5.74) is 1.22. The third-order valence-corrected chi connectivity index (χ3v) is 5.88. The molecule has 5 heteroatoms. The normalized spacial score (nSPS) is 23.5. The Balaban J connectivity index is 2.04. The lowest BCUT2D eigenvalue weighted by Crippen LogP contribution is -3.24. The Bertz CT molecular complexity index is 637. The van der Waals surface area contributed by atoms with Crippen LogP contribution in [0.2, 0.25) is 0 Å². The van der Waals surface area contributed by atoms with Crippen LogP contribution in [0.15, 0.2) is 18.2 Å². The van der Waals surface area contributed by atoms with Crippen molar-refractivity contribution in [3.8, 4) is 11.5 Å². The van der Waals surface area contributed by atoms with E-state index in [9.17, 15) is 4.79 Å². The van der Waals surface area contributed by atoms with Crippen molar-refractivity contribution in [2.75, 3.05) is 20.3 Å². The third-order valence-electron chi connectivity index (χ3n) is 5.88. The number of carbonyl (C=O) groups excluding carboxylic acids is 1. The molecule has 1 saturated heterocycles. The maximum absolute atomic E-state index is 12.7. The van der Waals surface area contributed by atoms with Crippen LogP contribution >= 0.6 is 0 Å². The number of hydrogen-bond donors (Lipinski definition) is 2. The van der Waals surface area contributed by atoms with Crippen LogP contribution in [0.4, 0.5) is 0 Å². The minimum Gasteiger partial charge on any atom is -0.490 e. The molecule has 1 amide bonds. The van der Waals surface area contributed by atoms with Crippen molar-refractivity contribution in [1.29, 1.82) is 0 Å². The van der Waals surface area contributed by atoms with Crippen molar-refractivity contribution in [3.63, 3.8) is 0 Å². The predicted molar refractivity (Wildman–Crippen MR) is 109 cm³/mol. The van der Waals surface area contributed by atoms with E-state index < -0.39 is 0 Å². The highest BCUT2D eigenvalue weighted by molar-refractivity contribution is 5.79. The maximum atomic E-state index is 12.7. The van der Waals surface area contributed by atoms with E-state index in [1.54, 1.807) is 0 Å². The second kappa shape index (κ2) is 8.51. The molecule has 1 aromatic carbocycles. The topological polar surface area (TPSA) is 52.0 Å². The Hall–Kier alpha value is -1.75. The van der Waals surface area contributed by atoms with Crippen molar-refractivity contribution in [2.24, 2.45) is 0 Å². The molecule has 1 aliphatic rings. The molecule has 152 valence electrons. The summed E-state index contributed by atoms with van der Waals surface area (Å²) < 4.78 is 11.3. The zero-order chi connectivity index (χ0) is 20.2. The van der Waals surface area contributed by atoms with Gasteiger partial charge in [0, 0.05) is 18.9 Å². The molecule has 1 aromatic rings. The fourth-order valence-electron chi connectivity index (χ4n) is 4.30. The van der Waals surface area contributed by atoms with Crippen LogP contribution in [-0.4, -0.2) is 43.3 Å². The van der Waals surface area contributed by atoms with E-state index in [4.69, 9.17) is 9.47 Å². The highest BCUT2D eigenvalue weighted by atomic mass is 16.5. The molecule has 0 saturated carbocycles. The van der Waals surface area contributed by atoms with Gasteiger partial charge >= 0.3 is 0 Å². The Labute approximate surface area is 164 Å². The molecule has 5 nitrogen and oxygen atoms in total. The van der Waals surface area contributed by atoms with Gasteiger partial charge in [-0.1, -0.05) is 6.07 Å². The first-order chi connectivity index (χ1) is 12.6. The molecular formula is C22H37N2O3+. The SMILES string of the molecule is CCOc1ccc(CC(=O)NC2CC(C)(C)[NH+](C)C(C)(C)C2)cc1OCC. The Morgan fingerprint density at radius 3 is 2.19 bits per heavy atom. The number of amides is 1. The molecule has 0 atom stereocenters. The lowest BCUT2D eigenvalue weighted by Gasteiger charge is -2.50. The molecule has 1 heterocycles. The number of carbonyl (C=O) groups is 1. The van der Waals surface area contributed by atoms with Crippen LogP contribution in [0, 0.1) is 0 Å². The summed E-state index contributed by atoms with van der Waals surface area (Å²) in [6.07, 6.45) is 2.33. The van der Waals surface area contributed by atoms with Crippen LogP contribution in [0.5, 0.6) is 11.5 Å². The van der Waals surface area contributed by atoms with Gasteiger partial charge in [0.05, 0.1) is 37.8 Å². The summed E-state index contributed by atoms with van der Waals surface area (Å²) in [6.45, 7) is 14.2. The minimum atomic E-state index is 0.0674. The van der Waals surface area contributed by atoms with Gasteiger partial charge in [-0.3, -0.25) is 4.79 Å². The molecule has 2 N–H and O–H groups in total. The molecule has 2 rings (SSSR count). The lowest BCUT2D eigenvalue weighted by molar-refractivity contribution is -0.982. The van der Waals surface area contributed by atoms with Gasteiger partial charge in [-0.2, -0.15) is 0 Å². The second-order valence-electron chi connectivity index (χ2n) is 8.89. The molecule has 0 aliphatic carbocycles. The van der Waals surface area contributed by atoms with Gasteiger partial charge in [-0.25, -0.2) is 0 Å². The zero-order valence-corrected chi connectivity index (χ0v) is 18.1. The Morgan fingerprint density at radius 2 is 1.63 bits per heavy atom. The van der Waals surface area contributed by atoms with Gasteiger partial charge < -0.3 is 19.7 Å². The number of ether oxygens (including phenoxy) is 2. The molecule has 0 aromatic heterocycles. The standard InChI is InChI=1S/C22H36N2O3/c1-8-26-18-11-10-16(12-19(18)27-9-2)13-20(25)23-17-14-21(3,4)24(7)22(5,6)15-17/h10-12,17H,8-9,13-15H2,1-7H3,(H,23,25)/p+1. The highest BCUT2D eigenvalue weighted by Crippen LogP contribution is 2.29. The molecule has 27 heavy (non-hydrogen) atoms. The van der Waals surface area contributed by atoms with Gasteiger partial charge in [-0.15, -0.1) is 0 Å². The van der Waals surface area contributed by atoms with Gasteiger partial charge in [-0.05, 0) is 59.2 Å². The van der Waals surface area contributed by atoms with Crippen molar-refractivity contribution in [1.82, 2.24) is 5.32 Å². The van der Waals surface area contributed by atoms with Gasteiger partial charge in [0.2, 0.25) is 5.91 Å². The van der Waals surface area contributed by atoms with Crippen molar-refractivity contribution in [3.05, 3.63) is 23.8 Å². The van der Waals surface area contributed by atoms with E-state index in [0.29, 0.717) is 25.4 Å². The lowest BCUT2D eigenvalue weighted by atomic mass is 9.77. The van der Waals surface area contributed by atoms with E-state index in [1.807, 2.05) is 32.0 Å². The first-order valence-electron chi connectivity index (χ1n) is 10.1. The number of quaternary nitrogens is 1. The Morgan fingerprint density at radius 1 is 1.07 bits per heavy atom. The maximum Gasteiger partial charge on any atom is 0.224 e. The van der Waals surface area contributed by atoms with Crippen LogP contribution in [0.25, 0.3) is 0 Å². The molecule has 1 fully saturated rings. The van der Waals surface area contributed by atoms with Gasteiger partial charge in [0.25, 0.3) is 0 Å². The Kier molecular flexibility index (Phi) is 6.79. The first-order valence-corrected chi connectivity index (χ1v) is 10.1. The van der Waals surface area contributed by atoms with Crippen molar-refractivity contribution < 1.29 is 19.2 Å². The number of benzene rings is 1. The van der Waals surface area contributed by atoms with E-state index in [0.717, 1.165) is 24.2 Å². The smallest absolute Gasteiger partial charge is 0.224 e. The number of hydrogen-bond acceptors (Lipinski definition) is 3. The fourth-order valence-corrected chi connectivity index (χ4v) is 4.30. The molecule has 0 spiro atoms. The quantitative estimate of drug-likeness (QED) is 0.767. The van der Waals surface area contributed by atoms with E-state index in [-0.39, 0.29) is 23.0 Å². The monoisotopic (exact) mass is 377 g/mol. The predicted octanol–water partition coefficient (Wildman–Crippen LogP) is 2.38. The summed E-state index contributed by atoms with van der Waals surface area (Å²) in [4.78, 5) is 14.2. The van der Waals surface area contributed by atoms with E-state index in [2.05, 4.69) is 40.1 Å². The average Bonchev–Trinajstić information content (AvgIpc) is 2.54. The summed E-state index contributed by atoms with van der Waals surface area (Å²) in [5.74, 6) is 1.50. The molecule has 0 radical (unpaired) electrons. The number of rotatable bonds is 7. The fraction of sp³-hybridized carbons (Fsp3) is 0.682. The van der Waals surface area contributed by atoms with Gasteiger partial charge in [0.1, 0.15) is 0 Å². The number of likely N-dealkylation sites (tertiary alicyclic amines) is 1. The van der Waals surface area contributed by atoms with Crippen LogP contribution in [0.3, 0.4) is 0 Å². The van der Waals surface area contributed by atoms with E-state index >= 15 is 0 Å². The summed E-state index contributed by atoms with van der Waals surface area (Å²) in [6, 6.07) is 5.96. The number of nitrogens with one attached hydrogen (secondary N) is 2. The summed E-state index contributed by atoms with van der Waals surface area (Å²) in [7, 11) is 2.26. The number of piperidine rings is 1. The van der Waals surface area contributed by atoms with Crippen LogP contribution < -0.4 is 19.7 Å². The van der Waals surface area contributed by atoms with Crippen molar-refractivity contribution in [2.45, 2.75) is 77.9 Å². The molecule has 0 unspecified atom stereocenters.